The second-order valence-corrected chi connectivity index (χ2v) is 14.2. The molecule has 0 amide bonds. The topological polar surface area (TPSA) is 189 Å². The molecule has 15 nitrogen and oxygen atoms in total. The maximum absolute atomic E-state index is 12.8. The molecule has 0 spiro atoms. The van der Waals surface area contributed by atoms with E-state index in [2.05, 4.69) is 0 Å². The van der Waals surface area contributed by atoms with E-state index in [4.69, 9.17) is 42.3 Å². The lowest BCUT2D eigenvalue weighted by Crippen LogP contribution is -2.46. The molecule has 6 aromatic rings. The van der Waals surface area contributed by atoms with Gasteiger partial charge in [-0.2, -0.15) is 0 Å². The summed E-state index contributed by atoms with van der Waals surface area (Å²) in [5.74, 6) is -5.03. The fourth-order valence-corrected chi connectivity index (χ4v) is 7.51. The number of esters is 6. The summed E-state index contributed by atoms with van der Waals surface area (Å²) in [6.45, 7) is 9.13. The first-order valence-electron chi connectivity index (χ1n) is 18.7. The Morgan fingerprint density at radius 3 is 1.74 bits per heavy atom. The van der Waals surface area contributed by atoms with Gasteiger partial charge in [-0.3, -0.25) is 28.8 Å². The molecule has 15 heteroatoms. The van der Waals surface area contributed by atoms with E-state index in [0.717, 1.165) is 0 Å². The van der Waals surface area contributed by atoms with Gasteiger partial charge in [0.1, 0.15) is 57.3 Å². The number of benzene rings is 5. The number of rotatable bonds is 8. The summed E-state index contributed by atoms with van der Waals surface area (Å²) in [5, 5.41) is 0.661. The molecule has 2 aliphatic rings. The number of ether oxygens (including phenoxy) is 8. The van der Waals surface area contributed by atoms with Crippen molar-refractivity contribution in [2.24, 2.45) is 0 Å². The minimum atomic E-state index is -2.15. The standard InChI is InChI=1S/C46H34O15/c1-21-14-34-42-40(57-26(6)51)16-29(36-15-28-8-9-30(53-22(2)47)18-37(28)59-36)17-41(42)61-46(35-13-11-32(55-24(4)49)20-39(35)56-25(5)50)44(34)43(45(21)58-27(7)52)33-12-10-31(54-23(3)48)19-38(33)60-46/h8-20H,1-7H3. The van der Waals surface area contributed by atoms with Crippen molar-refractivity contribution in [3.05, 3.63) is 95.6 Å². The lowest BCUT2D eigenvalue weighted by Gasteiger charge is -2.45. The van der Waals surface area contributed by atoms with Crippen molar-refractivity contribution in [3.63, 3.8) is 0 Å². The highest BCUT2D eigenvalue weighted by Crippen LogP contribution is 2.63. The summed E-state index contributed by atoms with van der Waals surface area (Å²) in [7, 11) is 0. The summed E-state index contributed by atoms with van der Waals surface area (Å²) in [6.07, 6.45) is 0. The molecule has 1 aromatic heterocycles. The van der Waals surface area contributed by atoms with Gasteiger partial charge in [0.25, 0.3) is 0 Å². The molecular formula is C46H34O15. The highest BCUT2D eigenvalue weighted by Gasteiger charge is 2.54. The van der Waals surface area contributed by atoms with Crippen LogP contribution in [0.15, 0.2) is 83.3 Å². The Balaban J connectivity index is 1.48. The van der Waals surface area contributed by atoms with Crippen LogP contribution in [0.2, 0.25) is 0 Å². The van der Waals surface area contributed by atoms with Gasteiger partial charge in [-0.15, -0.1) is 0 Å². The largest absolute Gasteiger partial charge is 0.456 e. The zero-order chi connectivity index (χ0) is 43.5. The van der Waals surface area contributed by atoms with Gasteiger partial charge in [0.05, 0.1) is 16.7 Å². The van der Waals surface area contributed by atoms with Gasteiger partial charge in [-0.25, -0.2) is 0 Å². The Labute approximate surface area is 346 Å². The van der Waals surface area contributed by atoms with Gasteiger partial charge in [0, 0.05) is 87.4 Å². The van der Waals surface area contributed by atoms with Crippen molar-refractivity contribution in [1.29, 1.82) is 0 Å². The van der Waals surface area contributed by atoms with E-state index >= 15 is 0 Å². The highest BCUT2D eigenvalue weighted by molar-refractivity contribution is 5.97. The fourth-order valence-electron chi connectivity index (χ4n) is 7.51. The zero-order valence-corrected chi connectivity index (χ0v) is 33.6. The van der Waals surface area contributed by atoms with Crippen LogP contribution in [0.25, 0.3) is 44.5 Å². The highest BCUT2D eigenvalue weighted by atomic mass is 16.7. The van der Waals surface area contributed by atoms with Crippen molar-refractivity contribution in [3.8, 4) is 79.6 Å². The molecule has 3 heterocycles. The second kappa shape index (κ2) is 15.0. The van der Waals surface area contributed by atoms with Gasteiger partial charge in [0.15, 0.2) is 0 Å². The Hall–Kier alpha value is -7.94. The lowest BCUT2D eigenvalue weighted by atomic mass is 9.77. The molecule has 0 aliphatic carbocycles. The van der Waals surface area contributed by atoms with Crippen molar-refractivity contribution in [2.45, 2.75) is 54.3 Å². The normalized spacial score (nSPS) is 14.2. The average molecular weight is 827 g/mol. The smallest absolute Gasteiger partial charge is 0.310 e. The van der Waals surface area contributed by atoms with E-state index in [1.165, 1.54) is 71.9 Å². The number of hydrogen-bond acceptors (Lipinski definition) is 15. The molecule has 0 saturated carbocycles. The second-order valence-electron chi connectivity index (χ2n) is 14.2. The van der Waals surface area contributed by atoms with Crippen molar-refractivity contribution < 1.29 is 71.1 Å². The maximum atomic E-state index is 12.8. The molecule has 5 aromatic carbocycles. The maximum Gasteiger partial charge on any atom is 0.310 e. The van der Waals surface area contributed by atoms with Gasteiger partial charge < -0.3 is 42.3 Å². The molecule has 0 saturated heterocycles. The molecule has 8 rings (SSSR count). The van der Waals surface area contributed by atoms with E-state index in [-0.39, 0.29) is 57.1 Å². The van der Waals surface area contributed by atoms with E-state index in [1.54, 1.807) is 55.5 Å². The quantitative estimate of drug-likeness (QED) is 0.105. The monoisotopic (exact) mass is 826 g/mol. The minimum Gasteiger partial charge on any atom is -0.456 e. The lowest BCUT2D eigenvalue weighted by molar-refractivity contribution is -0.133. The third-order valence-corrected chi connectivity index (χ3v) is 9.48. The number of carbonyl (C=O) groups excluding carboxylic acids is 6. The van der Waals surface area contributed by atoms with Crippen molar-refractivity contribution in [1.82, 2.24) is 0 Å². The first-order chi connectivity index (χ1) is 29.0. The number of carbonyl (C=O) groups is 6. The molecule has 0 bridgehead atoms. The predicted molar refractivity (Wildman–Crippen MR) is 214 cm³/mol. The third kappa shape index (κ3) is 7.37. The van der Waals surface area contributed by atoms with E-state index < -0.39 is 41.6 Å². The van der Waals surface area contributed by atoms with Gasteiger partial charge in [-0.05, 0) is 73.2 Å². The summed E-state index contributed by atoms with van der Waals surface area (Å²) in [6, 6.07) is 20.5. The molecule has 308 valence electrons. The van der Waals surface area contributed by atoms with Crippen LogP contribution < -0.4 is 37.9 Å². The summed E-state index contributed by atoms with van der Waals surface area (Å²) >= 11 is 0. The van der Waals surface area contributed by atoms with Crippen LogP contribution in [-0.4, -0.2) is 35.8 Å². The number of aryl methyl sites for hydroxylation is 1. The van der Waals surface area contributed by atoms with Crippen LogP contribution in [0.5, 0.6) is 46.0 Å². The molecule has 0 N–H and O–H groups in total. The fraction of sp³-hybridized carbons (Fsp3) is 0.174. The Morgan fingerprint density at radius 1 is 0.508 bits per heavy atom. The number of fused-ring (bicyclic) bond motifs is 5. The van der Waals surface area contributed by atoms with Crippen molar-refractivity contribution in [2.75, 3.05) is 0 Å². The Bertz CT molecular complexity index is 2920. The van der Waals surface area contributed by atoms with Crippen molar-refractivity contribution >= 4 is 46.8 Å². The molecule has 2 aliphatic heterocycles. The number of hydrogen-bond donors (Lipinski definition) is 0. The van der Waals surface area contributed by atoms with E-state index in [0.29, 0.717) is 50.1 Å². The molecule has 1 atom stereocenters. The van der Waals surface area contributed by atoms with Crippen LogP contribution in [0.1, 0.15) is 58.2 Å². The van der Waals surface area contributed by atoms with E-state index in [9.17, 15) is 28.8 Å². The Morgan fingerprint density at radius 2 is 1.08 bits per heavy atom. The van der Waals surface area contributed by atoms with Gasteiger partial charge in [0.2, 0.25) is 0 Å². The summed E-state index contributed by atoms with van der Waals surface area (Å²) in [5.41, 5.74) is 2.96. The summed E-state index contributed by atoms with van der Waals surface area (Å²) < 4.78 is 54.0. The molecule has 1 unspecified atom stereocenters. The van der Waals surface area contributed by atoms with Gasteiger partial charge >= 0.3 is 41.6 Å². The molecule has 0 fully saturated rings. The minimum absolute atomic E-state index is 0.0274. The van der Waals surface area contributed by atoms with Crippen LogP contribution >= 0.6 is 0 Å². The van der Waals surface area contributed by atoms with E-state index in [1.807, 2.05) is 0 Å². The van der Waals surface area contributed by atoms with Crippen LogP contribution in [-0.2, 0) is 34.6 Å². The van der Waals surface area contributed by atoms with Crippen LogP contribution in [0, 0.1) is 6.92 Å². The SMILES string of the molecule is CC(=O)Oc1ccc2c(c1)OC1(c3ccc(OC(C)=O)cc3OC(C)=O)Oc3cc(-c4cc5ccc(OC(C)=O)cc5o4)cc(OC(C)=O)c3-c3cc(C)c(OC(C)=O)c-2c31. The average Bonchev–Trinajstić information content (AvgIpc) is 3.58. The first-order valence-corrected chi connectivity index (χ1v) is 18.7. The first kappa shape index (κ1) is 39.9. The zero-order valence-electron chi connectivity index (χ0n) is 33.6. The summed E-state index contributed by atoms with van der Waals surface area (Å²) in [4.78, 5) is 74.3. The molecule has 61 heavy (non-hydrogen) atoms. The Kier molecular flexibility index (Phi) is 9.82. The van der Waals surface area contributed by atoms with Crippen LogP contribution in [0.3, 0.4) is 0 Å². The molecular weight excluding hydrogens is 792 g/mol. The van der Waals surface area contributed by atoms with Crippen LogP contribution in [0.4, 0.5) is 0 Å². The number of furan rings is 1. The third-order valence-electron chi connectivity index (χ3n) is 9.48. The van der Waals surface area contributed by atoms with Gasteiger partial charge in [-0.1, -0.05) is 0 Å². The molecule has 0 radical (unpaired) electrons. The predicted octanol–water partition coefficient (Wildman–Crippen LogP) is 8.28.